The first-order valence-electron chi connectivity index (χ1n) is 7.84. The number of Topliss-reactive ketones (excluding diaryl/α,β-unsaturated/α-hetero) is 1. The summed E-state index contributed by atoms with van der Waals surface area (Å²) in [5, 5.41) is 0. The van der Waals surface area contributed by atoms with Gasteiger partial charge in [0.25, 0.3) is 0 Å². The monoisotopic (exact) mass is 253 g/mol. The Kier molecular flexibility index (Phi) is 6.91. The smallest absolute Gasteiger partial charge is 0.153 e. The van der Waals surface area contributed by atoms with Gasteiger partial charge in [0, 0.05) is 6.42 Å². The number of nitrogens with zero attached hydrogens (tertiary/aromatic N) is 1. The van der Waals surface area contributed by atoms with Crippen molar-refractivity contribution in [2.45, 2.75) is 83.1 Å². The molecule has 0 N–H and O–H groups in total. The van der Waals surface area contributed by atoms with E-state index in [0.717, 1.165) is 25.7 Å². The minimum atomic E-state index is -0.108. The maximum absolute atomic E-state index is 12.5. The molecule has 0 unspecified atom stereocenters. The van der Waals surface area contributed by atoms with Crippen LogP contribution in [-0.2, 0) is 4.79 Å². The Balaban J connectivity index is 2.26. The van der Waals surface area contributed by atoms with Gasteiger partial charge < -0.3 is 0 Å². The average molecular weight is 253 g/mol. The number of ketones is 1. The maximum atomic E-state index is 12.5. The van der Waals surface area contributed by atoms with Crippen molar-refractivity contribution >= 4 is 5.78 Å². The highest BCUT2D eigenvalue weighted by Gasteiger charge is 2.41. The normalized spacial score (nSPS) is 18.4. The second-order valence-corrected chi connectivity index (χ2v) is 6.07. The lowest BCUT2D eigenvalue weighted by Gasteiger charge is -2.34. The first-order chi connectivity index (χ1) is 8.63. The SMILES string of the molecule is CCCCCCCCC(=O)C1(N(C)C)CCCC1. The van der Waals surface area contributed by atoms with Gasteiger partial charge in [0.15, 0.2) is 5.78 Å². The van der Waals surface area contributed by atoms with Crippen LogP contribution < -0.4 is 0 Å². The second-order valence-electron chi connectivity index (χ2n) is 6.07. The molecule has 0 atom stereocenters. The number of unbranched alkanes of at least 4 members (excludes halogenated alkanes) is 5. The Labute approximate surface area is 113 Å². The molecule has 18 heavy (non-hydrogen) atoms. The first-order valence-corrected chi connectivity index (χ1v) is 7.84. The van der Waals surface area contributed by atoms with Crippen LogP contribution in [0.3, 0.4) is 0 Å². The van der Waals surface area contributed by atoms with Crippen LogP contribution in [0.25, 0.3) is 0 Å². The van der Waals surface area contributed by atoms with Crippen LogP contribution in [0.2, 0.25) is 0 Å². The molecule has 1 aliphatic carbocycles. The van der Waals surface area contributed by atoms with Crippen molar-refractivity contribution in [3.63, 3.8) is 0 Å². The second kappa shape index (κ2) is 7.93. The van der Waals surface area contributed by atoms with Crippen molar-refractivity contribution in [2.75, 3.05) is 14.1 Å². The molecule has 0 aromatic carbocycles. The fourth-order valence-electron chi connectivity index (χ4n) is 3.23. The Morgan fingerprint density at radius 2 is 1.56 bits per heavy atom. The molecule has 0 bridgehead atoms. The lowest BCUT2D eigenvalue weighted by atomic mass is 9.87. The van der Waals surface area contributed by atoms with Crippen LogP contribution in [0, 0.1) is 0 Å². The summed E-state index contributed by atoms with van der Waals surface area (Å²) in [6.07, 6.45) is 13.0. The fraction of sp³-hybridized carbons (Fsp3) is 0.938. The molecular weight excluding hydrogens is 222 g/mol. The van der Waals surface area contributed by atoms with Gasteiger partial charge in [-0.15, -0.1) is 0 Å². The van der Waals surface area contributed by atoms with Crippen molar-refractivity contribution in [3.05, 3.63) is 0 Å². The zero-order chi connectivity index (χ0) is 13.4. The average Bonchev–Trinajstić information content (AvgIpc) is 2.84. The molecule has 1 fully saturated rings. The van der Waals surface area contributed by atoms with Crippen LogP contribution in [-0.4, -0.2) is 30.3 Å². The molecule has 0 heterocycles. The van der Waals surface area contributed by atoms with Crippen molar-refractivity contribution in [3.8, 4) is 0 Å². The number of hydrogen-bond donors (Lipinski definition) is 0. The van der Waals surface area contributed by atoms with E-state index < -0.39 is 0 Å². The molecule has 0 aliphatic heterocycles. The summed E-state index contributed by atoms with van der Waals surface area (Å²) in [4.78, 5) is 14.6. The number of rotatable bonds is 9. The van der Waals surface area contributed by atoms with E-state index in [1.807, 2.05) is 0 Å². The summed E-state index contributed by atoms with van der Waals surface area (Å²) >= 11 is 0. The molecule has 2 heteroatoms. The van der Waals surface area contributed by atoms with Crippen LogP contribution in [0.1, 0.15) is 77.6 Å². The molecule has 0 spiro atoms. The zero-order valence-electron chi connectivity index (χ0n) is 12.6. The molecule has 0 saturated heterocycles. The van der Waals surface area contributed by atoms with E-state index in [0.29, 0.717) is 5.78 Å². The van der Waals surface area contributed by atoms with Crippen molar-refractivity contribution in [1.82, 2.24) is 4.90 Å². The minimum Gasteiger partial charge on any atom is -0.298 e. The third kappa shape index (κ3) is 4.08. The number of carbonyl (C=O) groups excluding carboxylic acids is 1. The molecule has 106 valence electrons. The van der Waals surface area contributed by atoms with Gasteiger partial charge in [-0.1, -0.05) is 51.9 Å². The van der Waals surface area contributed by atoms with Gasteiger partial charge in [-0.2, -0.15) is 0 Å². The number of hydrogen-bond acceptors (Lipinski definition) is 2. The van der Waals surface area contributed by atoms with E-state index in [1.54, 1.807) is 0 Å². The lowest BCUT2D eigenvalue weighted by Crippen LogP contribution is -2.48. The Hall–Kier alpha value is -0.370. The molecule has 1 aliphatic rings. The van der Waals surface area contributed by atoms with Crippen LogP contribution in [0.15, 0.2) is 0 Å². The largest absolute Gasteiger partial charge is 0.298 e. The molecule has 0 aromatic rings. The highest BCUT2D eigenvalue weighted by Crippen LogP contribution is 2.35. The standard InChI is InChI=1S/C16H31NO/c1-4-5-6-7-8-9-12-15(18)16(17(2)3)13-10-11-14-16/h4-14H2,1-3H3. The highest BCUT2D eigenvalue weighted by atomic mass is 16.1. The predicted octanol–water partition coefficient (Wildman–Crippen LogP) is 4.18. The molecule has 0 radical (unpaired) electrons. The summed E-state index contributed by atoms with van der Waals surface area (Å²) in [7, 11) is 4.15. The van der Waals surface area contributed by atoms with Gasteiger partial charge in [0.1, 0.15) is 0 Å². The van der Waals surface area contributed by atoms with Gasteiger partial charge in [0.2, 0.25) is 0 Å². The van der Waals surface area contributed by atoms with E-state index in [9.17, 15) is 4.79 Å². The Morgan fingerprint density at radius 3 is 2.11 bits per heavy atom. The molecule has 0 amide bonds. The molecule has 1 saturated carbocycles. The molecular formula is C16H31NO. The Morgan fingerprint density at radius 1 is 1.00 bits per heavy atom. The third-order valence-electron chi connectivity index (χ3n) is 4.56. The third-order valence-corrected chi connectivity index (χ3v) is 4.56. The van der Waals surface area contributed by atoms with Crippen molar-refractivity contribution in [2.24, 2.45) is 0 Å². The molecule has 1 rings (SSSR count). The lowest BCUT2D eigenvalue weighted by molar-refractivity contribution is -0.129. The quantitative estimate of drug-likeness (QED) is 0.575. The van der Waals surface area contributed by atoms with Crippen molar-refractivity contribution in [1.29, 1.82) is 0 Å². The van der Waals surface area contributed by atoms with Crippen LogP contribution in [0.5, 0.6) is 0 Å². The van der Waals surface area contributed by atoms with Crippen molar-refractivity contribution < 1.29 is 4.79 Å². The van der Waals surface area contributed by atoms with Gasteiger partial charge in [-0.05, 0) is 33.4 Å². The Bertz CT molecular complexity index is 241. The van der Waals surface area contributed by atoms with E-state index in [1.165, 1.54) is 44.9 Å². The zero-order valence-corrected chi connectivity index (χ0v) is 12.6. The number of likely N-dealkylation sites (N-methyl/N-ethyl adjacent to an activating group) is 1. The van der Waals surface area contributed by atoms with E-state index in [4.69, 9.17) is 0 Å². The summed E-state index contributed by atoms with van der Waals surface area (Å²) in [6, 6.07) is 0. The number of carbonyl (C=O) groups is 1. The van der Waals surface area contributed by atoms with Gasteiger partial charge in [0.05, 0.1) is 5.54 Å². The van der Waals surface area contributed by atoms with Gasteiger partial charge >= 0.3 is 0 Å². The molecule has 2 nitrogen and oxygen atoms in total. The molecule has 0 aromatic heterocycles. The maximum Gasteiger partial charge on any atom is 0.153 e. The minimum absolute atomic E-state index is 0.108. The van der Waals surface area contributed by atoms with E-state index in [-0.39, 0.29) is 5.54 Å². The van der Waals surface area contributed by atoms with Gasteiger partial charge in [-0.25, -0.2) is 0 Å². The summed E-state index contributed by atoms with van der Waals surface area (Å²) in [5.41, 5.74) is -0.108. The van der Waals surface area contributed by atoms with Gasteiger partial charge in [-0.3, -0.25) is 9.69 Å². The summed E-state index contributed by atoms with van der Waals surface area (Å²) in [5.74, 6) is 0.500. The predicted molar refractivity (Wildman–Crippen MR) is 77.9 cm³/mol. The van der Waals surface area contributed by atoms with Crippen LogP contribution in [0.4, 0.5) is 0 Å². The van der Waals surface area contributed by atoms with Crippen LogP contribution >= 0.6 is 0 Å². The first kappa shape index (κ1) is 15.7. The highest BCUT2D eigenvalue weighted by molar-refractivity contribution is 5.88. The van der Waals surface area contributed by atoms with E-state index in [2.05, 4.69) is 25.9 Å². The summed E-state index contributed by atoms with van der Waals surface area (Å²) in [6.45, 7) is 2.24. The summed E-state index contributed by atoms with van der Waals surface area (Å²) < 4.78 is 0. The fourth-order valence-corrected chi connectivity index (χ4v) is 3.23. The topological polar surface area (TPSA) is 20.3 Å². The van der Waals surface area contributed by atoms with E-state index >= 15 is 0 Å².